The van der Waals surface area contributed by atoms with E-state index in [0.29, 0.717) is 4.52 Å². The Kier molecular flexibility index (Phi) is 4.75. The number of amides is 2. The summed E-state index contributed by atoms with van der Waals surface area (Å²) in [5.41, 5.74) is -1.89. The van der Waals surface area contributed by atoms with Crippen LogP contribution in [0.1, 0.15) is 32.4 Å². The molecule has 0 unspecified atom stereocenters. The predicted octanol–water partition coefficient (Wildman–Crippen LogP) is 2.06. The molecule has 148 valence electrons. The van der Waals surface area contributed by atoms with E-state index in [9.17, 15) is 22.8 Å². The second-order valence-electron chi connectivity index (χ2n) is 5.78. The van der Waals surface area contributed by atoms with Gasteiger partial charge in [-0.2, -0.15) is 23.4 Å². The topological polar surface area (TPSA) is 106 Å². The Bertz CT molecular complexity index is 1100. The van der Waals surface area contributed by atoms with Crippen molar-refractivity contribution in [1.29, 1.82) is 0 Å². The Hall–Kier alpha value is -3.15. The van der Waals surface area contributed by atoms with E-state index in [0.717, 1.165) is 6.07 Å². The van der Waals surface area contributed by atoms with E-state index in [2.05, 4.69) is 25.8 Å². The molecule has 0 aliphatic rings. The maximum Gasteiger partial charge on any atom is 0.433 e. The number of nitrogens with one attached hydrogen (secondary N) is 2. The zero-order valence-corrected chi connectivity index (χ0v) is 15.5. The Morgan fingerprint density at radius 1 is 1.18 bits per heavy atom. The second kappa shape index (κ2) is 6.78. The highest BCUT2D eigenvalue weighted by Gasteiger charge is 2.36. The van der Waals surface area contributed by atoms with Gasteiger partial charge in [0.25, 0.3) is 11.8 Å². The number of aromatic nitrogens is 5. The molecule has 3 aromatic rings. The van der Waals surface area contributed by atoms with Crippen LogP contribution in [-0.4, -0.2) is 43.2 Å². The molecule has 28 heavy (non-hydrogen) atoms. The average Bonchev–Trinajstić information content (AvgIpc) is 3.13. The molecular formula is C15H13ClF3N7O2. The molecule has 3 rings (SSSR count). The third-order valence-corrected chi connectivity index (χ3v) is 4.03. The summed E-state index contributed by atoms with van der Waals surface area (Å²) in [6, 6.07) is 0.794. The van der Waals surface area contributed by atoms with E-state index in [1.54, 1.807) is 0 Å². The van der Waals surface area contributed by atoms with Crippen LogP contribution in [-0.2, 0) is 13.2 Å². The number of anilines is 1. The molecule has 2 N–H and O–H groups in total. The number of aryl methyl sites for hydroxylation is 2. The standard InChI is InChI=1S/C15H13ClF3N7O2/c1-6-4-8(15(17,18)19)26-12(21-6)9(16)11(24-26)14(28)22-7-5-25(3)23-10(7)13(27)20-2/h4-5H,1-3H3,(H,20,27)(H,22,28). The summed E-state index contributed by atoms with van der Waals surface area (Å²) in [7, 11) is 2.91. The minimum absolute atomic E-state index is 0.0418. The fourth-order valence-corrected chi connectivity index (χ4v) is 2.75. The van der Waals surface area contributed by atoms with Crippen molar-refractivity contribution in [2.75, 3.05) is 12.4 Å². The number of hydrogen-bond acceptors (Lipinski definition) is 5. The smallest absolute Gasteiger partial charge is 0.354 e. The van der Waals surface area contributed by atoms with E-state index in [1.165, 1.54) is 31.9 Å². The van der Waals surface area contributed by atoms with Gasteiger partial charge in [0.2, 0.25) is 0 Å². The number of nitrogens with zero attached hydrogens (tertiary/aromatic N) is 5. The van der Waals surface area contributed by atoms with Gasteiger partial charge in [0, 0.05) is 26.0 Å². The Balaban J connectivity index is 2.07. The number of alkyl halides is 3. The predicted molar refractivity (Wildman–Crippen MR) is 92.3 cm³/mol. The van der Waals surface area contributed by atoms with Gasteiger partial charge in [-0.3, -0.25) is 14.3 Å². The Labute approximate surface area is 160 Å². The van der Waals surface area contributed by atoms with Gasteiger partial charge in [0.15, 0.2) is 17.0 Å². The lowest BCUT2D eigenvalue weighted by molar-refractivity contribution is -0.142. The van der Waals surface area contributed by atoms with Crippen molar-refractivity contribution < 1.29 is 22.8 Å². The lowest BCUT2D eigenvalue weighted by Gasteiger charge is -2.09. The van der Waals surface area contributed by atoms with Crippen molar-refractivity contribution in [3.05, 3.63) is 40.1 Å². The van der Waals surface area contributed by atoms with Crippen LogP contribution in [0.3, 0.4) is 0 Å². The first-order valence-corrected chi connectivity index (χ1v) is 8.11. The molecule has 2 amide bonds. The highest BCUT2D eigenvalue weighted by atomic mass is 35.5. The van der Waals surface area contributed by atoms with E-state index in [1.807, 2.05) is 0 Å². The molecule has 0 bridgehead atoms. The van der Waals surface area contributed by atoms with Crippen LogP contribution < -0.4 is 10.6 Å². The molecule has 0 saturated carbocycles. The molecule has 0 fully saturated rings. The van der Waals surface area contributed by atoms with Crippen LogP contribution in [0.5, 0.6) is 0 Å². The van der Waals surface area contributed by atoms with Crippen molar-refractivity contribution in [3.8, 4) is 0 Å². The molecule has 0 aliphatic carbocycles. The largest absolute Gasteiger partial charge is 0.433 e. The lowest BCUT2D eigenvalue weighted by Crippen LogP contribution is -2.22. The molecule has 0 atom stereocenters. The van der Waals surface area contributed by atoms with Crippen molar-refractivity contribution in [2.24, 2.45) is 7.05 Å². The zero-order chi connectivity index (χ0) is 20.8. The molecule has 3 heterocycles. The van der Waals surface area contributed by atoms with Crippen LogP contribution in [0.15, 0.2) is 12.3 Å². The van der Waals surface area contributed by atoms with Crippen molar-refractivity contribution in [2.45, 2.75) is 13.1 Å². The van der Waals surface area contributed by atoms with Gasteiger partial charge in [-0.05, 0) is 13.0 Å². The van der Waals surface area contributed by atoms with Crippen LogP contribution in [0.2, 0.25) is 5.02 Å². The molecule has 0 aliphatic heterocycles. The van der Waals surface area contributed by atoms with Gasteiger partial charge in [-0.15, -0.1) is 0 Å². The van der Waals surface area contributed by atoms with Crippen molar-refractivity contribution in [3.63, 3.8) is 0 Å². The number of fused-ring (bicyclic) bond motifs is 1. The molecule has 0 aromatic carbocycles. The number of rotatable bonds is 3. The van der Waals surface area contributed by atoms with E-state index < -0.39 is 29.4 Å². The van der Waals surface area contributed by atoms with E-state index in [4.69, 9.17) is 11.6 Å². The summed E-state index contributed by atoms with van der Waals surface area (Å²) in [5, 5.41) is 12.0. The number of carbonyl (C=O) groups excluding carboxylic acids is 2. The number of carbonyl (C=O) groups is 2. The SMILES string of the molecule is CNC(=O)c1nn(C)cc1NC(=O)c1nn2c(C(F)(F)F)cc(C)nc2c1Cl. The minimum Gasteiger partial charge on any atom is -0.354 e. The maximum atomic E-state index is 13.3. The minimum atomic E-state index is -4.73. The first kappa shape index (κ1) is 19.6. The highest BCUT2D eigenvalue weighted by Crippen LogP contribution is 2.32. The summed E-state index contributed by atoms with van der Waals surface area (Å²) in [6.07, 6.45) is -3.37. The van der Waals surface area contributed by atoms with Gasteiger partial charge in [-0.1, -0.05) is 11.6 Å². The van der Waals surface area contributed by atoms with Crippen LogP contribution in [0.25, 0.3) is 5.65 Å². The van der Waals surface area contributed by atoms with Crippen LogP contribution in [0, 0.1) is 6.92 Å². The Morgan fingerprint density at radius 2 is 1.86 bits per heavy atom. The fourth-order valence-electron chi connectivity index (χ4n) is 2.51. The van der Waals surface area contributed by atoms with E-state index >= 15 is 0 Å². The molecule has 0 saturated heterocycles. The monoisotopic (exact) mass is 415 g/mol. The van der Waals surface area contributed by atoms with Gasteiger partial charge >= 0.3 is 6.18 Å². The molecule has 9 nitrogen and oxygen atoms in total. The van der Waals surface area contributed by atoms with Gasteiger partial charge in [0.05, 0.1) is 5.69 Å². The van der Waals surface area contributed by atoms with Crippen LogP contribution in [0.4, 0.5) is 18.9 Å². The molecule has 0 radical (unpaired) electrons. The Morgan fingerprint density at radius 3 is 2.46 bits per heavy atom. The van der Waals surface area contributed by atoms with Crippen molar-refractivity contribution in [1.82, 2.24) is 29.7 Å². The second-order valence-corrected chi connectivity index (χ2v) is 6.15. The lowest BCUT2D eigenvalue weighted by atomic mass is 10.3. The average molecular weight is 416 g/mol. The molecular weight excluding hydrogens is 403 g/mol. The summed E-state index contributed by atoms with van der Waals surface area (Å²) < 4.78 is 41.6. The fraction of sp³-hybridized carbons (Fsp3) is 0.267. The van der Waals surface area contributed by atoms with Crippen LogP contribution >= 0.6 is 11.6 Å². The van der Waals surface area contributed by atoms with Gasteiger partial charge in [0.1, 0.15) is 10.7 Å². The molecule has 3 aromatic heterocycles. The van der Waals surface area contributed by atoms with Gasteiger partial charge < -0.3 is 10.6 Å². The number of hydrogen-bond donors (Lipinski definition) is 2. The zero-order valence-electron chi connectivity index (χ0n) is 14.7. The summed E-state index contributed by atoms with van der Waals surface area (Å²) >= 11 is 6.07. The van der Waals surface area contributed by atoms with Gasteiger partial charge in [-0.25, -0.2) is 9.50 Å². The molecule has 0 spiro atoms. The summed E-state index contributed by atoms with van der Waals surface area (Å²) in [5.74, 6) is -1.48. The quantitative estimate of drug-likeness (QED) is 0.681. The third kappa shape index (κ3) is 3.38. The third-order valence-electron chi connectivity index (χ3n) is 3.69. The van der Waals surface area contributed by atoms with Crippen molar-refractivity contribution >= 4 is 34.7 Å². The normalized spacial score (nSPS) is 11.7. The molecule has 13 heteroatoms. The number of halogens is 4. The first-order valence-electron chi connectivity index (χ1n) is 7.73. The van der Waals surface area contributed by atoms with E-state index in [-0.39, 0.29) is 27.7 Å². The summed E-state index contributed by atoms with van der Waals surface area (Å²) in [6.45, 7) is 1.36. The summed E-state index contributed by atoms with van der Waals surface area (Å²) in [4.78, 5) is 28.4. The first-order chi connectivity index (χ1) is 13.0. The maximum absolute atomic E-state index is 13.3. The highest BCUT2D eigenvalue weighted by molar-refractivity contribution is 6.37.